The molecule has 0 aliphatic rings. The molecule has 1 atom stereocenters. The summed E-state index contributed by atoms with van der Waals surface area (Å²) >= 11 is 0. The van der Waals surface area contributed by atoms with Crippen LogP contribution in [0.5, 0.6) is 0 Å². The summed E-state index contributed by atoms with van der Waals surface area (Å²) in [6.45, 7) is 4.60. The summed E-state index contributed by atoms with van der Waals surface area (Å²) in [6, 6.07) is 0. The van der Waals surface area contributed by atoms with Gasteiger partial charge in [0.05, 0.1) is 18.9 Å². The zero-order valence-corrected chi connectivity index (χ0v) is 24.8. The molecule has 0 aliphatic carbocycles. The van der Waals surface area contributed by atoms with Crippen LogP contribution in [0.15, 0.2) is 12.2 Å². The van der Waals surface area contributed by atoms with Crippen molar-refractivity contribution in [1.82, 2.24) is 0 Å². The minimum Gasteiger partial charge on any atom is -0.481 e. The minimum atomic E-state index is -0.916. The second-order valence-corrected chi connectivity index (χ2v) is 11.0. The van der Waals surface area contributed by atoms with Crippen LogP contribution in [0.2, 0.25) is 0 Å². The molecular formula is C33H62O4. The molecule has 4 nitrogen and oxygen atoms in total. The van der Waals surface area contributed by atoms with Crippen molar-refractivity contribution in [2.75, 3.05) is 6.61 Å². The molecule has 0 radical (unpaired) electrons. The first kappa shape index (κ1) is 35.7. The summed E-state index contributed by atoms with van der Waals surface area (Å²) in [5.41, 5.74) is 0. The van der Waals surface area contributed by atoms with E-state index in [1.165, 1.54) is 128 Å². The van der Waals surface area contributed by atoms with Crippen molar-refractivity contribution >= 4 is 11.9 Å². The number of carbonyl (C=O) groups is 2. The predicted octanol–water partition coefficient (Wildman–Crippen LogP) is 10.6. The van der Waals surface area contributed by atoms with Crippen molar-refractivity contribution in [2.45, 2.75) is 174 Å². The molecule has 0 aromatic carbocycles. The van der Waals surface area contributed by atoms with Crippen molar-refractivity contribution in [3.05, 3.63) is 12.2 Å². The highest BCUT2D eigenvalue weighted by Gasteiger charge is 2.22. The maximum Gasteiger partial charge on any atom is 0.309 e. The Bertz CT molecular complexity index is 528. The van der Waals surface area contributed by atoms with E-state index in [0.717, 1.165) is 19.3 Å². The molecule has 0 fully saturated rings. The highest BCUT2D eigenvalue weighted by atomic mass is 16.5. The third-order valence-corrected chi connectivity index (χ3v) is 7.27. The Kier molecular flexibility index (Phi) is 28.2. The number of rotatable bonds is 29. The van der Waals surface area contributed by atoms with E-state index in [0.29, 0.717) is 13.0 Å². The lowest BCUT2D eigenvalue weighted by Crippen LogP contribution is -2.21. The fraction of sp³-hybridized carbons (Fsp3) is 0.879. The first-order chi connectivity index (χ1) is 18.1. The monoisotopic (exact) mass is 522 g/mol. The van der Waals surface area contributed by atoms with Gasteiger partial charge in [0.2, 0.25) is 0 Å². The molecular weight excluding hydrogens is 460 g/mol. The lowest BCUT2D eigenvalue weighted by atomic mass is 9.97. The topological polar surface area (TPSA) is 63.6 Å². The Morgan fingerprint density at radius 2 is 1.00 bits per heavy atom. The molecule has 0 aliphatic heterocycles. The second kappa shape index (κ2) is 29.2. The van der Waals surface area contributed by atoms with Crippen LogP contribution in [0, 0.1) is 5.92 Å². The molecule has 1 N–H and O–H groups in total. The number of unbranched alkanes of at least 4 members (excludes halogenated alkanes) is 20. The number of carboxylic acid groups (broad SMARTS) is 1. The van der Waals surface area contributed by atoms with E-state index in [9.17, 15) is 9.59 Å². The lowest BCUT2D eigenvalue weighted by Gasteiger charge is -2.13. The molecule has 37 heavy (non-hydrogen) atoms. The fourth-order valence-corrected chi connectivity index (χ4v) is 4.89. The van der Waals surface area contributed by atoms with Crippen LogP contribution in [0.25, 0.3) is 0 Å². The molecule has 0 rings (SSSR count). The average molecular weight is 523 g/mol. The van der Waals surface area contributed by atoms with Crippen molar-refractivity contribution in [1.29, 1.82) is 0 Å². The summed E-state index contributed by atoms with van der Waals surface area (Å²) in [6.07, 6.45) is 35.1. The number of allylic oxidation sites excluding steroid dienone is 2. The Balaban J connectivity index is 3.37. The van der Waals surface area contributed by atoms with Gasteiger partial charge in [-0.1, -0.05) is 142 Å². The molecule has 0 saturated carbocycles. The van der Waals surface area contributed by atoms with Gasteiger partial charge in [-0.2, -0.15) is 0 Å². The first-order valence-corrected chi connectivity index (χ1v) is 16.1. The zero-order chi connectivity index (χ0) is 27.2. The van der Waals surface area contributed by atoms with E-state index >= 15 is 0 Å². The van der Waals surface area contributed by atoms with Gasteiger partial charge in [-0.15, -0.1) is 0 Å². The number of hydrogen-bond donors (Lipinski definition) is 1. The SMILES string of the molecule is CCCCCCCC/C=C/CCCCCCCCCCCCCCCCC(CC(=O)O)C(=O)OCCC. The zero-order valence-electron chi connectivity index (χ0n) is 24.8. The first-order valence-electron chi connectivity index (χ1n) is 16.1. The highest BCUT2D eigenvalue weighted by Crippen LogP contribution is 2.18. The third kappa shape index (κ3) is 27.5. The maximum atomic E-state index is 12.0. The Morgan fingerprint density at radius 1 is 0.595 bits per heavy atom. The standard InChI is InChI=1S/C33H62O4/c1-3-5-6-7-8-9-10-11-12-13-14-15-16-17-18-19-20-21-22-23-24-25-26-27-28-31(30-32(34)35)33(36)37-29-4-2/h11-12,31H,3-10,13-30H2,1-2H3,(H,34,35)/b12-11+. The van der Waals surface area contributed by atoms with E-state index in [1.54, 1.807) is 0 Å². The summed E-state index contributed by atoms with van der Waals surface area (Å²) in [4.78, 5) is 23.0. The molecule has 0 spiro atoms. The quantitative estimate of drug-likeness (QED) is 0.0602. The van der Waals surface area contributed by atoms with Gasteiger partial charge < -0.3 is 9.84 Å². The van der Waals surface area contributed by atoms with Crippen molar-refractivity contribution in [3.63, 3.8) is 0 Å². The van der Waals surface area contributed by atoms with Crippen LogP contribution in [0.4, 0.5) is 0 Å². The number of hydrogen-bond acceptors (Lipinski definition) is 3. The molecule has 0 aromatic heterocycles. The molecule has 0 amide bonds. The van der Waals surface area contributed by atoms with Crippen LogP contribution in [-0.2, 0) is 14.3 Å². The van der Waals surface area contributed by atoms with Crippen LogP contribution < -0.4 is 0 Å². The summed E-state index contributed by atoms with van der Waals surface area (Å²) < 4.78 is 5.15. The average Bonchev–Trinajstić information content (AvgIpc) is 2.88. The number of aliphatic carboxylic acids is 1. The van der Waals surface area contributed by atoms with Gasteiger partial charge in [-0.25, -0.2) is 0 Å². The normalized spacial score (nSPS) is 12.3. The minimum absolute atomic E-state index is 0.112. The largest absolute Gasteiger partial charge is 0.481 e. The molecule has 218 valence electrons. The smallest absolute Gasteiger partial charge is 0.309 e. The van der Waals surface area contributed by atoms with E-state index in [2.05, 4.69) is 19.1 Å². The predicted molar refractivity (Wildman–Crippen MR) is 158 cm³/mol. The molecule has 0 bridgehead atoms. The lowest BCUT2D eigenvalue weighted by molar-refractivity contribution is -0.153. The molecule has 1 unspecified atom stereocenters. The number of ether oxygens (including phenoxy) is 1. The van der Waals surface area contributed by atoms with E-state index < -0.39 is 11.9 Å². The molecule has 0 heterocycles. The van der Waals surface area contributed by atoms with Gasteiger partial charge in [-0.05, 0) is 38.5 Å². The Labute approximate surface area is 230 Å². The van der Waals surface area contributed by atoms with Crippen molar-refractivity contribution in [2.24, 2.45) is 5.92 Å². The Morgan fingerprint density at radius 3 is 1.41 bits per heavy atom. The van der Waals surface area contributed by atoms with Gasteiger partial charge in [0.25, 0.3) is 0 Å². The van der Waals surface area contributed by atoms with Crippen LogP contribution >= 0.6 is 0 Å². The van der Waals surface area contributed by atoms with Crippen molar-refractivity contribution in [3.8, 4) is 0 Å². The summed E-state index contributed by atoms with van der Waals surface area (Å²) in [5.74, 6) is -1.74. The second-order valence-electron chi connectivity index (χ2n) is 11.0. The highest BCUT2D eigenvalue weighted by molar-refractivity contribution is 5.79. The maximum absolute atomic E-state index is 12.0. The summed E-state index contributed by atoms with van der Waals surface area (Å²) in [5, 5.41) is 9.04. The van der Waals surface area contributed by atoms with Crippen LogP contribution in [0.3, 0.4) is 0 Å². The number of carbonyl (C=O) groups excluding carboxylic acids is 1. The van der Waals surface area contributed by atoms with Gasteiger partial charge in [0, 0.05) is 0 Å². The summed E-state index contributed by atoms with van der Waals surface area (Å²) in [7, 11) is 0. The third-order valence-electron chi connectivity index (χ3n) is 7.27. The van der Waals surface area contributed by atoms with E-state index in [-0.39, 0.29) is 12.4 Å². The van der Waals surface area contributed by atoms with Gasteiger partial charge in [0.1, 0.15) is 0 Å². The fourth-order valence-electron chi connectivity index (χ4n) is 4.89. The Hall–Kier alpha value is -1.32. The van der Waals surface area contributed by atoms with Crippen LogP contribution in [-0.4, -0.2) is 23.7 Å². The van der Waals surface area contributed by atoms with E-state index in [1.807, 2.05) is 6.92 Å². The van der Waals surface area contributed by atoms with Gasteiger partial charge in [0.15, 0.2) is 0 Å². The molecule has 0 saturated heterocycles. The van der Waals surface area contributed by atoms with Crippen molar-refractivity contribution < 1.29 is 19.4 Å². The number of carboxylic acids is 1. The molecule has 4 heteroatoms. The van der Waals surface area contributed by atoms with Gasteiger partial charge >= 0.3 is 11.9 Å². The molecule has 0 aromatic rings. The van der Waals surface area contributed by atoms with Gasteiger partial charge in [-0.3, -0.25) is 9.59 Å². The number of esters is 1. The van der Waals surface area contributed by atoms with Crippen LogP contribution in [0.1, 0.15) is 174 Å². The van der Waals surface area contributed by atoms with E-state index in [4.69, 9.17) is 9.84 Å².